The second-order valence-electron chi connectivity index (χ2n) is 3.21. The van der Waals surface area contributed by atoms with Gasteiger partial charge in [-0.2, -0.15) is 0 Å². The van der Waals surface area contributed by atoms with Crippen molar-refractivity contribution in [3.63, 3.8) is 0 Å². The molecule has 0 amide bonds. The van der Waals surface area contributed by atoms with Gasteiger partial charge in [0, 0.05) is 10.9 Å². The molecule has 12 heavy (non-hydrogen) atoms. The van der Waals surface area contributed by atoms with E-state index in [1.807, 2.05) is 6.92 Å². The summed E-state index contributed by atoms with van der Waals surface area (Å²) in [5.41, 5.74) is 7.25. The molecule has 1 aromatic rings. The highest BCUT2D eigenvalue weighted by Gasteiger charge is 2.24. The zero-order valence-electron chi connectivity index (χ0n) is 7.12. The molecule has 2 rings (SSSR count). The van der Waals surface area contributed by atoms with Crippen LogP contribution in [-0.4, -0.2) is 12.6 Å². The summed E-state index contributed by atoms with van der Waals surface area (Å²) in [5, 5.41) is 2.12. The number of thiophene rings is 1. The van der Waals surface area contributed by atoms with E-state index in [-0.39, 0.29) is 12.1 Å². The molecule has 1 aliphatic rings. The molecule has 1 aliphatic heterocycles. The van der Waals surface area contributed by atoms with Crippen molar-refractivity contribution in [2.75, 3.05) is 6.61 Å². The number of fused-ring (bicyclic) bond motifs is 1. The molecular weight excluding hydrogens is 170 g/mol. The lowest BCUT2D eigenvalue weighted by Crippen LogP contribution is -2.30. The Morgan fingerprint density at radius 2 is 2.58 bits per heavy atom. The van der Waals surface area contributed by atoms with E-state index in [1.165, 1.54) is 10.4 Å². The second-order valence-corrected chi connectivity index (χ2v) is 4.16. The van der Waals surface area contributed by atoms with Gasteiger partial charge in [-0.3, -0.25) is 0 Å². The predicted octanol–water partition coefficient (Wildman–Crippen LogP) is 1.71. The van der Waals surface area contributed by atoms with Crippen LogP contribution in [0.5, 0.6) is 0 Å². The highest BCUT2D eigenvalue weighted by atomic mass is 32.1. The van der Waals surface area contributed by atoms with Crippen molar-refractivity contribution in [1.82, 2.24) is 0 Å². The van der Waals surface area contributed by atoms with E-state index in [1.54, 1.807) is 11.3 Å². The maximum absolute atomic E-state index is 5.82. The molecule has 0 saturated heterocycles. The summed E-state index contributed by atoms with van der Waals surface area (Å²) in [4.78, 5) is 1.33. The number of nitrogens with two attached hydrogens (primary N) is 1. The van der Waals surface area contributed by atoms with Crippen LogP contribution in [0.1, 0.15) is 23.5 Å². The lowest BCUT2D eigenvalue weighted by molar-refractivity contribution is 0.0315. The van der Waals surface area contributed by atoms with Crippen molar-refractivity contribution < 1.29 is 4.74 Å². The van der Waals surface area contributed by atoms with Gasteiger partial charge in [-0.25, -0.2) is 0 Å². The zero-order chi connectivity index (χ0) is 8.55. The zero-order valence-corrected chi connectivity index (χ0v) is 7.93. The predicted molar refractivity (Wildman–Crippen MR) is 50.4 cm³/mol. The van der Waals surface area contributed by atoms with Crippen LogP contribution in [0.2, 0.25) is 0 Å². The molecule has 0 bridgehead atoms. The Morgan fingerprint density at radius 1 is 1.75 bits per heavy atom. The third-order valence-electron chi connectivity index (χ3n) is 2.19. The number of ether oxygens (including phenoxy) is 1. The summed E-state index contributed by atoms with van der Waals surface area (Å²) in [7, 11) is 0. The van der Waals surface area contributed by atoms with Crippen LogP contribution in [0, 0.1) is 0 Å². The Hall–Kier alpha value is -0.380. The van der Waals surface area contributed by atoms with Crippen LogP contribution in [0.15, 0.2) is 11.4 Å². The van der Waals surface area contributed by atoms with E-state index in [4.69, 9.17) is 10.5 Å². The number of hydrogen-bond acceptors (Lipinski definition) is 3. The highest BCUT2D eigenvalue weighted by molar-refractivity contribution is 7.10. The van der Waals surface area contributed by atoms with E-state index in [2.05, 4.69) is 11.4 Å². The first-order chi connectivity index (χ1) is 5.79. The van der Waals surface area contributed by atoms with Crippen LogP contribution in [0.4, 0.5) is 0 Å². The number of rotatable bonds is 1. The molecule has 0 saturated carbocycles. The molecule has 2 unspecified atom stereocenters. The Kier molecular flexibility index (Phi) is 2.17. The minimum Gasteiger partial charge on any atom is -0.371 e. The first kappa shape index (κ1) is 8.23. The van der Waals surface area contributed by atoms with Crippen molar-refractivity contribution in [2.45, 2.75) is 25.5 Å². The first-order valence-corrected chi connectivity index (χ1v) is 5.10. The molecular formula is C9H13NOS. The van der Waals surface area contributed by atoms with Gasteiger partial charge in [0.15, 0.2) is 0 Å². The molecule has 0 aromatic carbocycles. The number of hydrogen-bond donors (Lipinski definition) is 1. The third kappa shape index (κ3) is 1.28. The lowest BCUT2D eigenvalue weighted by Gasteiger charge is -2.25. The maximum atomic E-state index is 5.82. The normalized spacial score (nSPS) is 25.0. The first-order valence-electron chi connectivity index (χ1n) is 4.22. The maximum Gasteiger partial charge on any atom is 0.107 e. The fourth-order valence-corrected chi connectivity index (χ4v) is 2.68. The second kappa shape index (κ2) is 3.17. The summed E-state index contributed by atoms with van der Waals surface area (Å²) >= 11 is 1.76. The molecule has 1 aromatic heterocycles. The molecule has 3 heteroatoms. The largest absolute Gasteiger partial charge is 0.371 e. The monoisotopic (exact) mass is 183 g/mol. The third-order valence-corrected chi connectivity index (χ3v) is 3.21. The fourth-order valence-electron chi connectivity index (χ4n) is 1.57. The van der Waals surface area contributed by atoms with Crippen LogP contribution in [0.25, 0.3) is 0 Å². The van der Waals surface area contributed by atoms with E-state index in [0.29, 0.717) is 0 Å². The van der Waals surface area contributed by atoms with Gasteiger partial charge >= 0.3 is 0 Å². The van der Waals surface area contributed by atoms with Gasteiger partial charge in [-0.05, 0) is 30.4 Å². The standard InChI is InChI=1S/C9H13NOS/c1-6(10)8-9-7(2-4-11-8)3-5-12-9/h3,5-6,8H,2,4,10H2,1H3. The van der Waals surface area contributed by atoms with E-state index in [0.717, 1.165) is 13.0 Å². The van der Waals surface area contributed by atoms with E-state index >= 15 is 0 Å². The van der Waals surface area contributed by atoms with Crippen LogP contribution in [0.3, 0.4) is 0 Å². The van der Waals surface area contributed by atoms with Crippen LogP contribution < -0.4 is 5.73 Å². The molecule has 2 nitrogen and oxygen atoms in total. The van der Waals surface area contributed by atoms with Crippen LogP contribution in [-0.2, 0) is 11.2 Å². The van der Waals surface area contributed by atoms with Gasteiger partial charge in [0.1, 0.15) is 6.10 Å². The molecule has 66 valence electrons. The van der Waals surface area contributed by atoms with Gasteiger partial charge in [-0.15, -0.1) is 11.3 Å². The van der Waals surface area contributed by atoms with Crippen molar-refractivity contribution >= 4 is 11.3 Å². The minimum atomic E-state index is 0.0997. The van der Waals surface area contributed by atoms with Gasteiger partial charge < -0.3 is 10.5 Å². The Labute approximate surface area is 76.3 Å². The van der Waals surface area contributed by atoms with Crippen molar-refractivity contribution in [3.05, 3.63) is 21.9 Å². The van der Waals surface area contributed by atoms with Gasteiger partial charge in [0.2, 0.25) is 0 Å². The summed E-state index contributed by atoms with van der Waals surface area (Å²) in [6, 6.07) is 2.28. The molecule has 2 heterocycles. The van der Waals surface area contributed by atoms with Gasteiger partial charge in [0.25, 0.3) is 0 Å². The molecule has 0 radical (unpaired) electrons. The van der Waals surface area contributed by atoms with Gasteiger partial charge in [-0.1, -0.05) is 0 Å². The van der Waals surface area contributed by atoms with E-state index in [9.17, 15) is 0 Å². The molecule has 2 atom stereocenters. The average Bonchev–Trinajstić information content (AvgIpc) is 2.49. The van der Waals surface area contributed by atoms with Crippen molar-refractivity contribution in [1.29, 1.82) is 0 Å². The Morgan fingerprint density at radius 3 is 3.33 bits per heavy atom. The Balaban J connectivity index is 2.31. The average molecular weight is 183 g/mol. The van der Waals surface area contributed by atoms with Crippen LogP contribution >= 0.6 is 11.3 Å². The topological polar surface area (TPSA) is 35.2 Å². The smallest absolute Gasteiger partial charge is 0.107 e. The molecule has 0 fully saturated rings. The Bertz CT molecular complexity index is 269. The summed E-state index contributed by atoms with van der Waals surface area (Å²) < 4.78 is 5.61. The summed E-state index contributed by atoms with van der Waals surface area (Å²) in [6.45, 7) is 2.81. The lowest BCUT2D eigenvalue weighted by atomic mass is 10.0. The van der Waals surface area contributed by atoms with Gasteiger partial charge in [0.05, 0.1) is 6.61 Å². The quantitative estimate of drug-likeness (QED) is 0.719. The fraction of sp³-hybridized carbons (Fsp3) is 0.556. The SMILES string of the molecule is CC(N)C1OCCc2ccsc21. The molecule has 0 spiro atoms. The summed E-state index contributed by atoms with van der Waals surface area (Å²) in [6.07, 6.45) is 1.18. The highest BCUT2D eigenvalue weighted by Crippen LogP contribution is 2.32. The molecule has 2 N–H and O–H groups in total. The van der Waals surface area contributed by atoms with Crippen molar-refractivity contribution in [3.8, 4) is 0 Å². The van der Waals surface area contributed by atoms with Crippen molar-refractivity contribution in [2.24, 2.45) is 5.73 Å². The van der Waals surface area contributed by atoms with E-state index < -0.39 is 0 Å². The summed E-state index contributed by atoms with van der Waals surface area (Å²) in [5.74, 6) is 0. The molecule has 0 aliphatic carbocycles. The minimum absolute atomic E-state index is 0.0997.